The lowest BCUT2D eigenvalue weighted by atomic mass is 9.90. The molecule has 4 aromatic rings. The largest absolute Gasteiger partial charge is 0.459 e. The van der Waals surface area contributed by atoms with Gasteiger partial charge in [-0.25, -0.2) is 0 Å². The van der Waals surface area contributed by atoms with Crippen LogP contribution in [0.3, 0.4) is 0 Å². The topological polar surface area (TPSA) is 43.4 Å². The highest BCUT2D eigenvalue weighted by Gasteiger charge is 2.34. The smallest absolute Gasteiger partial charge is 0.321 e. The number of fused-ring (bicyclic) bond motifs is 2. The van der Waals surface area contributed by atoms with E-state index in [0.717, 1.165) is 26.4 Å². The van der Waals surface area contributed by atoms with E-state index in [1.54, 1.807) is 20.8 Å². The zero-order valence-electron chi connectivity index (χ0n) is 17.6. The molecule has 0 bridgehead atoms. The van der Waals surface area contributed by atoms with Crippen molar-refractivity contribution < 1.29 is 14.3 Å². The first-order valence-electron chi connectivity index (χ1n) is 10.1. The number of Topliss-reactive ketones (excluding diaryl/α,β-unsaturated/α-hetero) is 1. The van der Waals surface area contributed by atoms with Gasteiger partial charge in [-0.05, 0) is 71.6 Å². The fourth-order valence-electron chi connectivity index (χ4n) is 3.69. The van der Waals surface area contributed by atoms with Crippen LogP contribution in [0.1, 0.15) is 37.8 Å². The molecule has 158 valence electrons. The molecular weight excluding hydrogens is 428 g/mol. The zero-order chi connectivity index (χ0) is 22.2. The minimum absolute atomic E-state index is 0.145. The maximum atomic E-state index is 13.5. The number of hydrogen-bond donors (Lipinski definition) is 0. The molecule has 0 aliphatic rings. The van der Waals surface area contributed by atoms with Gasteiger partial charge in [0, 0.05) is 16.1 Å². The molecular formula is C26H23ClO3S. The molecule has 0 saturated carbocycles. The van der Waals surface area contributed by atoms with E-state index < -0.39 is 17.5 Å². The Morgan fingerprint density at radius 1 is 1.00 bits per heavy atom. The molecule has 0 aliphatic heterocycles. The van der Waals surface area contributed by atoms with Crippen molar-refractivity contribution in [2.45, 2.75) is 38.7 Å². The molecule has 31 heavy (non-hydrogen) atoms. The summed E-state index contributed by atoms with van der Waals surface area (Å²) in [6.07, 6.45) is 0.145. The van der Waals surface area contributed by atoms with E-state index in [-0.39, 0.29) is 12.2 Å². The Labute approximate surface area is 190 Å². The van der Waals surface area contributed by atoms with Crippen LogP contribution >= 0.6 is 22.9 Å². The van der Waals surface area contributed by atoms with Gasteiger partial charge < -0.3 is 4.74 Å². The van der Waals surface area contributed by atoms with E-state index >= 15 is 0 Å². The zero-order valence-corrected chi connectivity index (χ0v) is 19.2. The highest BCUT2D eigenvalue weighted by molar-refractivity contribution is 7.17. The second kappa shape index (κ2) is 8.45. The van der Waals surface area contributed by atoms with Crippen molar-refractivity contribution >= 4 is 55.5 Å². The number of thiophene rings is 1. The molecule has 0 spiro atoms. The number of carbonyl (C=O) groups excluding carboxylic acids is 2. The molecule has 0 amide bonds. The molecule has 1 atom stereocenters. The number of hydrogen-bond acceptors (Lipinski definition) is 4. The molecule has 0 saturated heterocycles. The third-order valence-electron chi connectivity index (χ3n) is 5.03. The molecule has 0 aliphatic carbocycles. The SMILES string of the molecule is CC(C)(C)OC(=O)C(C(=O)Cc1ccc2ccccc2c1)c1csc2ccc(Cl)cc12. The van der Waals surface area contributed by atoms with Crippen LogP contribution in [0.25, 0.3) is 20.9 Å². The number of benzene rings is 3. The van der Waals surface area contributed by atoms with Crippen LogP contribution in [0.2, 0.25) is 5.02 Å². The summed E-state index contributed by atoms with van der Waals surface area (Å²) in [5.74, 6) is -1.72. The summed E-state index contributed by atoms with van der Waals surface area (Å²) in [6, 6.07) is 19.5. The second-order valence-electron chi connectivity index (χ2n) is 8.62. The van der Waals surface area contributed by atoms with Gasteiger partial charge in [0.25, 0.3) is 0 Å². The third kappa shape index (κ3) is 4.81. The van der Waals surface area contributed by atoms with Crippen molar-refractivity contribution in [3.05, 3.63) is 82.2 Å². The van der Waals surface area contributed by atoms with Gasteiger partial charge in [-0.3, -0.25) is 9.59 Å². The molecule has 5 heteroatoms. The fourth-order valence-corrected chi connectivity index (χ4v) is 4.83. The summed E-state index contributed by atoms with van der Waals surface area (Å²) in [5.41, 5.74) is 0.833. The molecule has 1 unspecified atom stereocenters. The first-order valence-corrected chi connectivity index (χ1v) is 11.4. The van der Waals surface area contributed by atoms with Crippen molar-refractivity contribution in [2.24, 2.45) is 0 Å². The first-order chi connectivity index (χ1) is 14.7. The Balaban J connectivity index is 1.72. The second-order valence-corrected chi connectivity index (χ2v) is 9.97. The summed E-state index contributed by atoms with van der Waals surface area (Å²) >= 11 is 7.70. The molecule has 4 rings (SSSR count). The van der Waals surface area contributed by atoms with Crippen molar-refractivity contribution in [1.82, 2.24) is 0 Å². The van der Waals surface area contributed by atoms with Crippen molar-refractivity contribution in [2.75, 3.05) is 0 Å². The van der Waals surface area contributed by atoms with Crippen LogP contribution in [-0.4, -0.2) is 17.4 Å². The summed E-state index contributed by atoms with van der Waals surface area (Å²) in [4.78, 5) is 26.6. The minimum Gasteiger partial charge on any atom is -0.459 e. The molecule has 0 N–H and O–H groups in total. The average molecular weight is 451 g/mol. The van der Waals surface area contributed by atoms with Crippen molar-refractivity contribution in [3.8, 4) is 0 Å². The van der Waals surface area contributed by atoms with E-state index in [2.05, 4.69) is 0 Å². The predicted octanol–water partition coefficient (Wildman–Crippen LogP) is 6.95. The molecule has 0 radical (unpaired) electrons. The average Bonchev–Trinajstić information content (AvgIpc) is 3.09. The maximum Gasteiger partial charge on any atom is 0.321 e. The number of ether oxygens (including phenoxy) is 1. The van der Waals surface area contributed by atoms with Crippen LogP contribution in [0.5, 0.6) is 0 Å². The van der Waals surface area contributed by atoms with Gasteiger partial charge in [0.15, 0.2) is 5.78 Å². The quantitative estimate of drug-likeness (QED) is 0.244. The lowest BCUT2D eigenvalue weighted by Crippen LogP contribution is -2.32. The van der Waals surface area contributed by atoms with E-state index in [4.69, 9.17) is 16.3 Å². The maximum absolute atomic E-state index is 13.5. The Bertz CT molecular complexity index is 1280. The Kier molecular flexibility index (Phi) is 5.87. The van der Waals surface area contributed by atoms with Gasteiger partial charge in [0.2, 0.25) is 0 Å². The van der Waals surface area contributed by atoms with Crippen LogP contribution in [0.15, 0.2) is 66.0 Å². The number of halogens is 1. The van der Waals surface area contributed by atoms with Crippen LogP contribution in [0.4, 0.5) is 0 Å². The monoisotopic (exact) mass is 450 g/mol. The van der Waals surface area contributed by atoms with Gasteiger partial charge in [0.1, 0.15) is 11.5 Å². The van der Waals surface area contributed by atoms with Gasteiger partial charge in [0.05, 0.1) is 0 Å². The number of rotatable bonds is 5. The number of carbonyl (C=O) groups is 2. The predicted molar refractivity (Wildman–Crippen MR) is 128 cm³/mol. The number of ketones is 1. The molecule has 3 aromatic carbocycles. The van der Waals surface area contributed by atoms with Gasteiger partial charge in [-0.15, -0.1) is 11.3 Å². The summed E-state index contributed by atoms with van der Waals surface area (Å²) in [6.45, 7) is 5.41. The van der Waals surface area contributed by atoms with Gasteiger partial charge in [-0.1, -0.05) is 54.1 Å². The molecule has 0 fully saturated rings. The van der Waals surface area contributed by atoms with Crippen molar-refractivity contribution in [3.63, 3.8) is 0 Å². The fraction of sp³-hybridized carbons (Fsp3) is 0.231. The third-order valence-corrected chi connectivity index (χ3v) is 6.25. The summed E-state index contributed by atoms with van der Waals surface area (Å²) in [7, 11) is 0. The summed E-state index contributed by atoms with van der Waals surface area (Å²) < 4.78 is 6.62. The van der Waals surface area contributed by atoms with E-state index in [9.17, 15) is 9.59 Å². The normalized spacial score (nSPS) is 12.8. The standard InChI is InChI=1S/C26H23ClO3S/c1-26(2,3)30-25(29)24(21-15-31-23-11-10-19(27)14-20(21)23)22(28)13-16-8-9-17-6-4-5-7-18(17)12-16/h4-12,14-15,24H,13H2,1-3H3. The Morgan fingerprint density at radius 3 is 2.48 bits per heavy atom. The summed E-state index contributed by atoms with van der Waals surface area (Å²) in [5, 5.41) is 5.43. The van der Waals surface area contributed by atoms with Crippen LogP contribution in [0, 0.1) is 0 Å². The van der Waals surface area contributed by atoms with Crippen LogP contribution in [-0.2, 0) is 20.7 Å². The van der Waals surface area contributed by atoms with E-state index in [1.807, 2.05) is 66.0 Å². The molecule has 1 aromatic heterocycles. The number of esters is 1. The van der Waals surface area contributed by atoms with E-state index in [1.165, 1.54) is 11.3 Å². The van der Waals surface area contributed by atoms with E-state index in [0.29, 0.717) is 10.6 Å². The highest BCUT2D eigenvalue weighted by Crippen LogP contribution is 2.35. The first kappa shape index (κ1) is 21.5. The Morgan fingerprint density at radius 2 is 1.74 bits per heavy atom. The lowest BCUT2D eigenvalue weighted by Gasteiger charge is -2.23. The Hall–Kier alpha value is -2.69. The van der Waals surface area contributed by atoms with Crippen molar-refractivity contribution in [1.29, 1.82) is 0 Å². The lowest BCUT2D eigenvalue weighted by molar-refractivity contribution is -0.158. The van der Waals surface area contributed by atoms with Gasteiger partial charge in [-0.2, -0.15) is 0 Å². The highest BCUT2D eigenvalue weighted by atomic mass is 35.5. The molecule has 1 heterocycles. The molecule has 3 nitrogen and oxygen atoms in total. The minimum atomic E-state index is -1.00. The van der Waals surface area contributed by atoms with Gasteiger partial charge >= 0.3 is 5.97 Å². The van der Waals surface area contributed by atoms with Crippen LogP contribution < -0.4 is 0 Å².